The van der Waals surface area contributed by atoms with Crippen molar-refractivity contribution >= 4 is 22.0 Å². The van der Waals surface area contributed by atoms with E-state index in [4.69, 9.17) is 4.74 Å². The maximum atomic E-state index is 12.4. The molecule has 0 radical (unpaired) electrons. The van der Waals surface area contributed by atoms with Crippen LogP contribution in [0.15, 0.2) is 18.2 Å². The first-order chi connectivity index (χ1) is 14.2. The van der Waals surface area contributed by atoms with Gasteiger partial charge in [0.15, 0.2) is 0 Å². The number of ether oxygens (including phenoxy) is 1. The van der Waals surface area contributed by atoms with Crippen molar-refractivity contribution in [1.82, 2.24) is 14.9 Å². The third kappa shape index (κ3) is 6.70. The molecule has 1 aromatic rings. The molecule has 0 bridgehead atoms. The summed E-state index contributed by atoms with van der Waals surface area (Å²) in [5, 5.41) is 2.23. The second kappa shape index (κ2) is 9.78. The van der Waals surface area contributed by atoms with Crippen LogP contribution < -0.4 is 14.8 Å². The zero-order chi connectivity index (χ0) is 21.7. The van der Waals surface area contributed by atoms with Gasteiger partial charge in [0.2, 0.25) is 15.9 Å². The Morgan fingerprint density at radius 2 is 2.00 bits per heavy atom. The summed E-state index contributed by atoms with van der Waals surface area (Å²) in [5.74, 6) is 1.21. The summed E-state index contributed by atoms with van der Waals surface area (Å²) >= 11 is 0. The number of urea groups is 1. The minimum Gasteiger partial charge on any atom is -0.493 e. The van der Waals surface area contributed by atoms with Crippen LogP contribution in [-0.2, 0) is 14.8 Å². The van der Waals surface area contributed by atoms with E-state index >= 15 is 0 Å². The van der Waals surface area contributed by atoms with E-state index in [-0.39, 0.29) is 30.3 Å². The summed E-state index contributed by atoms with van der Waals surface area (Å²) in [6.45, 7) is 5.07. The van der Waals surface area contributed by atoms with Gasteiger partial charge < -0.3 is 9.64 Å². The van der Waals surface area contributed by atoms with Crippen LogP contribution in [0.2, 0.25) is 0 Å². The van der Waals surface area contributed by atoms with Crippen LogP contribution in [0.1, 0.15) is 56.2 Å². The number of sulfonamides is 1. The monoisotopic (exact) mass is 437 g/mol. The van der Waals surface area contributed by atoms with Gasteiger partial charge in [0.05, 0.1) is 12.4 Å². The number of aryl methyl sites for hydroxylation is 1. The van der Waals surface area contributed by atoms with E-state index in [1.807, 2.05) is 32.0 Å². The van der Waals surface area contributed by atoms with Crippen molar-refractivity contribution in [3.63, 3.8) is 0 Å². The number of nitrogens with one attached hydrogen (secondary N) is 2. The smallest absolute Gasteiger partial charge is 0.324 e. The van der Waals surface area contributed by atoms with E-state index in [2.05, 4.69) is 10.0 Å². The van der Waals surface area contributed by atoms with E-state index < -0.39 is 10.0 Å². The van der Waals surface area contributed by atoms with Crippen LogP contribution in [0.4, 0.5) is 4.79 Å². The van der Waals surface area contributed by atoms with Crippen molar-refractivity contribution in [2.75, 3.05) is 25.4 Å². The van der Waals surface area contributed by atoms with Crippen LogP contribution in [0.5, 0.6) is 5.75 Å². The molecule has 2 fully saturated rings. The molecular weight excluding hydrogens is 406 g/mol. The van der Waals surface area contributed by atoms with Crippen molar-refractivity contribution in [3.8, 4) is 5.75 Å². The summed E-state index contributed by atoms with van der Waals surface area (Å²) in [4.78, 5) is 24.1. The molecule has 1 aliphatic carbocycles. The maximum Gasteiger partial charge on any atom is 0.324 e. The lowest BCUT2D eigenvalue weighted by Gasteiger charge is -2.17. The van der Waals surface area contributed by atoms with Gasteiger partial charge in [-0.2, -0.15) is 0 Å². The Hall–Kier alpha value is -2.13. The molecule has 2 aliphatic rings. The molecule has 9 heteroatoms. The molecule has 0 spiro atoms. The van der Waals surface area contributed by atoms with Gasteiger partial charge in [0.1, 0.15) is 12.3 Å². The van der Waals surface area contributed by atoms with Crippen molar-refractivity contribution in [1.29, 1.82) is 0 Å². The minimum absolute atomic E-state index is 0.0271. The Kier molecular flexibility index (Phi) is 7.36. The lowest BCUT2D eigenvalue weighted by Crippen LogP contribution is -2.30. The topological polar surface area (TPSA) is 105 Å². The molecule has 2 N–H and O–H groups in total. The number of benzene rings is 1. The SMILES string of the molecule is Cc1ccc([C@H](C)NS(=O)(=O)CCCCCN2CC(=O)NC2=O)cc1OCC1CC1. The Morgan fingerprint density at radius 3 is 2.67 bits per heavy atom. The number of unbranched alkanes of at least 4 members (excludes halogenated alkanes) is 2. The van der Waals surface area contributed by atoms with E-state index in [1.165, 1.54) is 17.7 Å². The second-order valence-corrected chi connectivity index (χ2v) is 10.1. The van der Waals surface area contributed by atoms with Gasteiger partial charge in [-0.3, -0.25) is 10.1 Å². The fraction of sp³-hybridized carbons (Fsp3) is 0.619. The molecule has 1 atom stereocenters. The normalized spacial score (nSPS) is 17.9. The molecule has 0 aromatic heterocycles. The van der Waals surface area contributed by atoms with Crippen LogP contribution in [-0.4, -0.2) is 50.7 Å². The standard InChI is InChI=1S/C21H31N3O5S/c1-15-6-9-18(12-19(15)29-14-17-7-8-17)16(2)23-30(27,28)11-5-3-4-10-24-13-20(25)22-21(24)26/h6,9,12,16-17,23H,3-5,7-8,10-11,13-14H2,1-2H3,(H,22,25,26)/t16-/m0/s1. The first-order valence-electron chi connectivity index (χ1n) is 10.6. The Balaban J connectivity index is 1.42. The van der Waals surface area contributed by atoms with Crippen LogP contribution >= 0.6 is 0 Å². The van der Waals surface area contributed by atoms with Crippen LogP contribution in [0, 0.1) is 12.8 Å². The summed E-state index contributed by atoms with van der Waals surface area (Å²) in [6.07, 6.45) is 4.26. The highest BCUT2D eigenvalue weighted by molar-refractivity contribution is 7.89. The molecule has 3 amide bonds. The molecule has 1 aromatic carbocycles. The fourth-order valence-corrected chi connectivity index (χ4v) is 4.74. The van der Waals surface area contributed by atoms with E-state index in [1.54, 1.807) is 0 Å². The van der Waals surface area contributed by atoms with Crippen molar-refractivity contribution in [2.45, 2.75) is 52.0 Å². The van der Waals surface area contributed by atoms with Crippen LogP contribution in [0.3, 0.4) is 0 Å². The molecule has 1 aliphatic heterocycles. The number of amides is 3. The molecule has 3 rings (SSSR count). The molecule has 1 saturated heterocycles. The first kappa shape index (κ1) is 22.6. The van der Waals surface area contributed by atoms with Gasteiger partial charge in [-0.05, 0) is 62.6 Å². The van der Waals surface area contributed by atoms with Crippen molar-refractivity contribution in [2.24, 2.45) is 5.92 Å². The number of carbonyl (C=O) groups is 2. The van der Waals surface area contributed by atoms with Gasteiger partial charge in [-0.25, -0.2) is 17.9 Å². The van der Waals surface area contributed by atoms with Gasteiger partial charge in [-0.15, -0.1) is 0 Å². The fourth-order valence-electron chi connectivity index (χ4n) is 3.37. The number of hydrogen-bond acceptors (Lipinski definition) is 5. The van der Waals surface area contributed by atoms with Crippen LogP contribution in [0.25, 0.3) is 0 Å². The summed E-state index contributed by atoms with van der Waals surface area (Å²) < 4.78 is 33.5. The Bertz CT molecular complexity index is 883. The van der Waals surface area contributed by atoms with E-state index in [9.17, 15) is 18.0 Å². The van der Waals surface area contributed by atoms with Gasteiger partial charge in [0, 0.05) is 12.6 Å². The average molecular weight is 438 g/mol. The van der Waals surface area contributed by atoms with Gasteiger partial charge in [0.25, 0.3) is 0 Å². The predicted molar refractivity (Wildman–Crippen MR) is 114 cm³/mol. The number of carbonyl (C=O) groups excluding carboxylic acids is 2. The number of rotatable bonds is 12. The molecular formula is C21H31N3O5S. The summed E-state index contributed by atoms with van der Waals surface area (Å²) in [6, 6.07) is 5.09. The average Bonchev–Trinajstić information content (AvgIpc) is 3.44. The molecule has 8 nitrogen and oxygen atoms in total. The predicted octanol–water partition coefficient (Wildman–Crippen LogP) is 2.49. The summed E-state index contributed by atoms with van der Waals surface area (Å²) in [7, 11) is -3.42. The zero-order valence-electron chi connectivity index (χ0n) is 17.6. The Labute approximate surface area is 178 Å². The third-order valence-corrected chi connectivity index (χ3v) is 6.99. The number of hydrogen-bond donors (Lipinski definition) is 2. The third-order valence-electron chi connectivity index (χ3n) is 5.45. The first-order valence-corrected chi connectivity index (χ1v) is 12.2. The lowest BCUT2D eigenvalue weighted by atomic mass is 10.1. The summed E-state index contributed by atoms with van der Waals surface area (Å²) in [5.41, 5.74) is 1.92. The van der Waals surface area contributed by atoms with Gasteiger partial charge in [-0.1, -0.05) is 18.6 Å². The molecule has 0 unspecified atom stereocenters. The van der Waals surface area contributed by atoms with E-state index in [0.717, 1.165) is 23.5 Å². The largest absolute Gasteiger partial charge is 0.493 e. The Morgan fingerprint density at radius 1 is 1.23 bits per heavy atom. The highest BCUT2D eigenvalue weighted by Crippen LogP contribution is 2.31. The second-order valence-electron chi connectivity index (χ2n) is 8.27. The minimum atomic E-state index is -3.42. The van der Waals surface area contributed by atoms with Gasteiger partial charge >= 0.3 is 6.03 Å². The molecule has 1 heterocycles. The zero-order valence-corrected chi connectivity index (χ0v) is 18.5. The molecule has 166 valence electrons. The van der Waals surface area contributed by atoms with Crippen molar-refractivity contribution in [3.05, 3.63) is 29.3 Å². The lowest BCUT2D eigenvalue weighted by molar-refractivity contribution is -0.118. The molecule has 1 saturated carbocycles. The number of nitrogens with zero attached hydrogens (tertiary/aromatic N) is 1. The van der Waals surface area contributed by atoms with Crippen molar-refractivity contribution < 1.29 is 22.7 Å². The highest BCUT2D eigenvalue weighted by atomic mass is 32.2. The maximum absolute atomic E-state index is 12.4. The highest BCUT2D eigenvalue weighted by Gasteiger charge is 2.26. The number of imide groups is 1. The van der Waals surface area contributed by atoms with E-state index in [0.29, 0.717) is 31.7 Å². The quantitative estimate of drug-likeness (QED) is 0.386. The molecule has 30 heavy (non-hydrogen) atoms.